The van der Waals surface area contributed by atoms with E-state index in [1.807, 2.05) is 5.06 Å². The van der Waals surface area contributed by atoms with Gasteiger partial charge in [0, 0.05) is 40.2 Å². The molecular weight excluding hydrogens is 210 g/mol. The number of carbonyl (C=O) groups is 2. The van der Waals surface area contributed by atoms with Crippen LogP contribution in [-0.4, -0.2) is 73.6 Å². The molecule has 1 aliphatic rings. The number of carbonyl (C=O) groups excluding carboxylic acids is 2. The summed E-state index contributed by atoms with van der Waals surface area (Å²) in [6.07, 6.45) is 0. The maximum atomic E-state index is 11.8. The van der Waals surface area contributed by atoms with E-state index in [0.717, 1.165) is 0 Å². The van der Waals surface area contributed by atoms with Gasteiger partial charge >= 0.3 is 0 Å². The van der Waals surface area contributed by atoms with Crippen molar-refractivity contribution in [2.45, 2.75) is 6.92 Å². The van der Waals surface area contributed by atoms with Gasteiger partial charge in [-0.2, -0.15) is 5.06 Å². The Labute approximate surface area is 95.7 Å². The molecule has 1 heterocycles. The summed E-state index contributed by atoms with van der Waals surface area (Å²) in [5, 5.41) is 1.82. The molecule has 1 fully saturated rings. The normalized spacial score (nSPS) is 17.3. The molecule has 0 bridgehead atoms. The molecule has 0 aromatic carbocycles. The molecular formula is C10H19N3O3. The number of hydroxylamine groups is 2. The van der Waals surface area contributed by atoms with Crippen LogP contribution in [-0.2, 0) is 14.4 Å². The molecule has 6 nitrogen and oxygen atoms in total. The van der Waals surface area contributed by atoms with E-state index in [2.05, 4.69) is 0 Å². The van der Waals surface area contributed by atoms with Gasteiger partial charge in [-0.25, -0.2) is 0 Å². The van der Waals surface area contributed by atoms with Crippen LogP contribution < -0.4 is 0 Å². The van der Waals surface area contributed by atoms with Gasteiger partial charge in [0.15, 0.2) is 0 Å². The number of rotatable bonds is 3. The minimum Gasteiger partial charge on any atom is -0.338 e. The molecule has 0 unspecified atom stereocenters. The van der Waals surface area contributed by atoms with Gasteiger partial charge in [0.25, 0.3) is 0 Å². The Morgan fingerprint density at radius 3 is 2.25 bits per heavy atom. The van der Waals surface area contributed by atoms with Crippen LogP contribution in [0.5, 0.6) is 0 Å². The maximum absolute atomic E-state index is 11.8. The molecule has 0 saturated carbocycles. The smallest absolute Gasteiger partial charge is 0.242 e. The highest BCUT2D eigenvalue weighted by molar-refractivity contribution is 5.83. The van der Waals surface area contributed by atoms with Crippen molar-refractivity contribution in [3.8, 4) is 0 Å². The van der Waals surface area contributed by atoms with Crippen molar-refractivity contribution in [3.63, 3.8) is 0 Å². The minimum atomic E-state index is -0.0936. The van der Waals surface area contributed by atoms with Crippen molar-refractivity contribution >= 4 is 11.8 Å². The summed E-state index contributed by atoms with van der Waals surface area (Å²) in [6, 6.07) is 0. The number of hydrogen-bond acceptors (Lipinski definition) is 4. The first kappa shape index (κ1) is 12.9. The van der Waals surface area contributed by atoms with Crippen molar-refractivity contribution in [1.29, 1.82) is 0 Å². The molecule has 0 atom stereocenters. The van der Waals surface area contributed by atoms with Crippen LogP contribution in [0, 0.1) is 0 Å². The Morgan fingerprint density at radius 2 is 1.81 bits per heavy atom. The lowest BCUT2D eigenvalue weighted by Gasteiger charge is -2.33. The number of hydrogen-bond donors (Lipinski definition) is 0. The van der Waals surface area contributed by atoms with Crippen LogP contribution >= 0.6 is 0 Å². The summed E-state index contributed by atoms with van der Waals surface area (Å²) in [7, 11) is 3.26. The highest BCUT2D eigenvalue weighted by atomic mass is 16.7. The molecule has 92 valence electrons. The summed E-state index contributed by atoms with van der Waals surface area (Å²) in [5.41, 5.74) is 0. The van der Waals surface area contributed by atoms with E-state index in [0.29, 0.717) is 26.2 Å². The third-order valence-electron chi connectivity index (χ3n) is 2.76. The zero-order valence-corrected chi connectivity index (χ0v) is 10.1. The van der Waals surface area contributed by atoms with Gasteiger partial charge in [0.1, 0.15) is 0 Å². The monoisotopic (exact) mass is 229 g/mol. The maximum Gasteiger partial charge on any atom is 0.242 e. The van der Waals surface area contributed by atoms with Crippen molar-refractivity contribution in [3.05, 3.63) is 0 Å². The molecule has 0 aromatic rings. The van der Waals surface area contributed by atoms with Crippen LogP contribution in [0.3, 0.4) is 0 Å². The first-order valence-corrected chi connectivity index (χ1v) is 5.33. The van der Waals surface area contributed by atoms with Gasteiger partial charge in [0.05, 0.1) is 13.7 Å². The molecule has 1 saturated heterocycles. The van der Waals surface area contributed by atoms with Crippen molar-refractivity contribution in [1.82, 2.24) is 14.9 Å². The molecule has 0 aromatic heterocycles. The van der Waals surface area contributed by atoms with Crippen LogP contribution in [0.25, 0.3) is 0 Å². The molecule has 16 heavy (non-hydrogen) atoms. The van der Waals surface area contributed by atoms with Gasteiger partial charge < -0.3 is 14.6 Å². The van der Waals surface area contributed by atoms with Crippen molar-refractivity contribution < 1.29 is 14.4 Å². The van der Waals surface area contributed by atoms with E-state index < -0.39 is 0 Å². The highest BCUT2D eigenvalue weighted by Gasteiger charge is 2.22. The van der Waals surface area contributed by atoms with Gasteiger partial charge in [-0.15, -0.1) is 0 Å². The van der Waals surface area contributed by atoms with Crippen LogP contribution in [0.4, 0.5) is 0 Å². The lowest BCUT2D eigenvalue weighted by atomic mass is 10.3. The molecule has 0 spiro atoms. The zero-order valence-electron chi connectivity index (χ0n) is 10.1. The fraction of sp³-hybridized carbons (Fsp3) is 0.800. The fourth-order valence-corrected chi connectivity index (χ4v) is 1.53. The van der Waals surface area contributed by atoms with Crippen molar-refractivity contribution in [2.75, 3.05) is 46.9 Å². The third-order valence-corrected chi connectivity index (χ3v) is 2.76. The van der Waals surface area contributed by atoms with Crippen molar-refractivity contribution in [2.24, 2.45) is 0 Å². The Hall–Kier alpha value is -1.14. The Balaban J connectivity index is 2.36. The van der Waals surface area contributed by atoms with Gasteiger partial charge in [-0.05, 0) is 0 Å². The first-order chi connectivity index (χ1) is 7.54. The molecule has 1 rings (SSSR count). The predicted octanol–water partition coefficient (Wildman–Crippen LogP) is -0.830. The number of amides is 2. The van der Waals surface area contributed by atoms with E-state index >= 15 is 0 Å². The van der Waals surface area contributed by atoms with E-state index in [1.165, 1.54) is 11.8 Å². The summed E-state index contributed by atoms with van der Waals surface area (Å²) < 4.78 is 0. The minimum absolute atomic E-state index is 0.00606. The summed E-state index contributed by atoms with van der Waals surface area (Å²) in [4.78, 5) is 31.0. The molecule has 2 amide bonds. The Bertz CT molecular complexity index is 262. The van der Waals surface area contributed by atoms with E-state index in [4.69, 9.17) is 4.84 Å². The predicted molar refractivity (Wildman–Crippen MR) is 58.5 cm³/mol. The number of nitrogens with zero attached hydrogens (tertiary/aromatic N) is 3. The fourth-order valence-electron chi connectivity index (χ4n) is 1.53. The van der Waals surface area contributed by atoms with Gasteiger partial charge in [-0.3, -0.25) is 9.59 Å². The van der Waals surface area contributed by atoms with Crippen LogP contribution in [0.2, 0.25) is 0 Å². The second kappa shape index (κ2) is 5.81. The van der Waals surface area contributed by atoms with E-state index in [1.54, 1.807) is 19.1 Å². The molecule has 1 aliphatic heterocycles. The Kier molecular flexibility index (Phi) is 4.70. The zero-order chi connectivity index (χ0) is 12.1. The Morgan fingerprint density at radius 1 is 1.25 bits per heavy atom. The summed E-state index contributed by atoms with van der Waals surface area (Å²) >= 11 is 0. The highest BCUT2D eigenvalue weighted by Crippen LogP contribution is 2.02. The lowest BCUT2D eigenvalue weighted by molar-refractivity contribution is -0.162. The SMILES string of the molecule is CON1CCN(C(=O)CN(C)C(C)=O)CC1. The second-order valence-electron chi connectivity index (χ2n) is 3.87. The van der Waals surface area contributed by atoms with Crippen LogP contribution in [0.1, 0.15) is 6.92 Å². The van der Waals surface area contributed by atoms with E-state index in [9.17, 15) is 9.59 Å². The molecule has 6 heteroatoms. The van der Waals surface area contributed by atoms with E-state index in [-0.39, 0.29) is 18.4 Å². The van der Waals surface area contributed by atoms with Gasteiger partial charge in [0.2, 0.25) is 11.8 Å². The average Bonchev–Trinajstić information content (AvgIpc) is 2.28. The quantitative estimate of drug-likeness (QED) is 0.634. The number of piperazine rings is 1. The molecule has 0 aliphatic carbocycles. The first-order valence-electron chi connectivity index (χ1n) is 5.33. The summed E-state index contributed by atoms with van der Waals surface area (Å²) in [5.74, 6) is -0.0997. The van der Waals surface area contributed by atoms with Crippen LogP contribution in [0.15, 0.2) is 0 Å². The number of likely N-dealkylation sites (N-methyl/N-ethyl adjacent to an activating group) is 1. The average molecular weight is 229 g/mol. The lowest BCUT2D eigenvalue weighted by Crippen LogP contribution is -2.50. The van der Waals surface area contributed by atoms with Gasteiger partial charge in [-0.1, -0.05) is 0 Å². The topological polar surface area (TPSA) is 53.1 Å². The third kappa shape index (κ3) is 3.46. The largest absolute Gasteiger partial charge is 0.338 e. The second-order valence-corrected chi connectivity index (χ2v) is 3.87. The standard InChI is InChI=1S/C10H19N3O3/c1-9(14)11(2)8-10(15)12-4-6-13(16-3)7-5-12/h4-8H2,1-3H3. The molecule has 0 radical (unpaired) electrons. The summed E-state index contributed by atoms with van der Waals surface area (Å²) in [6.45, 7) is 4.34. The molecule has 0 N–H and O–H groups in total.